The summed E-state index contributed by atoms with van der Waals surface area (Å²) in [5.41, 5.74) is 0. The summed E-state index contributed by atoms with van der Waals surface area (Å²) in [5, 5.41) is 1.65. The summed E-state index contributed by atoms with van der Waals surface area (Å²) < 4.78 is 60.4. The number of nitrogens with one attached hydrogen (secondary N) is 1. The van der Waals surface area contributed by atoms with E-state index >= 15 is 0 Å². The molecule has 0 aromatic rings. The molecule has 0 bridgehead atoms. The van der Waals surface area contributed by atoms with Crippen LogP contribution in [0.5, 0.6) is 0 Å². The quantitative estimate of drug-likeness (QED) is 0.773. The lowest BCUT2D eigenvalue weighted by molar-refractivity contribution is -0.269. The first-order chi connectivity index (χ1) is 7.75. The SMILES string of the molecule is O=C(NCCC1CCCC1)C(F)(F)C(F)(F)F. The van der Waals surface area contributed by atoms with Gasteiger partial charge < -0.3 is 5.32 Å². The minimum atomic E-state index is -5.83. The Morgan fingerprint density at radius 2 is 1.65 bits per heavy atom. The lowest BCUT2D eigenvalue weighted by Crippen LogP contribution is -2.50. The molecule has 1 rings (SSSR count). The van der Waals surface area contributed by atoms with Gasteiger partial charge in [0.25, 0.3) is 5.91 Å². The summed E-state index contributed by atoms with van der Waals surface area (Å²) in [5.74, 6) is -7.24. The van der Waals surface area contributed by atoms with Crippen LogP contribution in [0.2, 0.25) is 0 Å². The number of alkyl halides is 5. The van der Waals surface area contributed by atoms with E-state index in [0.29, 0.717) is 12.3 Å². The minimum Gasteiger partial charge on any atom is -0.351 e. The molecule has 17 heavy (non-hydrogen) atoms. The molecule has 1 N–H and O–H groups in total. The third-order valence-corrected chi connectivity index (χ3v) is 2.95. The highest BCUT2D eigenvalue weighted by Crippen LogP contribution is 2.35. The Balaban J connectivity index is 2.33. The molecule has 0 aromatic heterocycles. The van der Waals surface area contributed by atoms with E-state index in [4.69, 9.17) is 0 Å². The van der Waals surface area contributed by atoms with Gasteiger partial charge in [-0.2, -0.15) is 22.0 Å². The summed E-state index contributed by atoms with van der Waals surface area (Å²) in [7, 11) is 0. The second kappa shape index (κ2) is 5.18. The van der Waals surface area contributed by atoms with E-state index in [1.165, 1.54) is 0 Å². The maximum absolute atomic E-state index is 12.5. The van der Waals surface area contributed by atoms with Crippen molar-refractivity contribution in [3.05, 3.63) is 0 Å². The first kappa shape index (κ1) is 14.2. The van der Waals surface area contributed by atoms with Crippen LogP contribution in [0.25, 0.3) is 0 Å². The van der Waals surface area contributed by atoms with Gasteiger partial charge in [0, 0.05) is 6.54 Å². The summed E-state index contributed by atoms with van der Waals surface area (Å²) in [6.07, 6.45) is -1.37. The average Bonchev–Trinajstić information content (AvgIpc) is 2.68. The van der Waals surface area contributed by atoms with Crippen LogP contribution in [-0.4, -0.2) is 24.6 Å². The standard InChI is InChI=1S/C10H14F5NO/c11-9(12,10(13,14)15)8(17)16-6-5-7-3-1-2-4-7/h7H,1-6H2,(H,16,17). The molecule has 100 valence electrons. The van der Waals surface area contributed by atoms with Crippen LogP contribution in [-0.2, 0) is 4.79 Å². The Bertz CT molecular complexity index is 270. The van der Waals surface area contributed by atoms with E-state index in [1.807, 2.05) is 0 Å². The van der Waals surface area contributed by atoms with E-state index < -0.39 is 18.0 Å². The van der Waals surface area contributed by atoms with Gasteiger partial charge in [-0.1, -0.05) is 25.7 Å². The van der Waals surface area contributed by atoms with Crippen molar-refractivity contribution >= 4 is 5.91 Å². The van der Waals surface area contributed by atoms with Gasteiger partial charge in [-0.15, -0.1) is 0 Å². The van der Waals surface area contributed by atoms with Crippen molar-refractivity contribution in [2.45, 2.75) is 44.2 Å². The second-order valence-corrected chi connectivity index (χ2v) is 4.27. The van der Waals surface area contributed by atoms with E-state index in [1.54, 1.807) is 5.32 Å². The van der Waals surface area contributed by atoms with Crippen molar-refractivity contribution in [1.29, 1.82) is 0 Å². The third-order valence-electron chi connectivity index (χ3n) is 2.95. The lowest BCUT2D eigenvalue weighted by Gasteiger charge is -2.19. The Morgan fingerprint density at radius 3 is 2.12 bits per heavy atom. The molecule has 7 heteroatoms. The minimum absolute atomic E-state index is 0.130. The van der Waals surface area contributed by atoms with Crippen molar-refractivity contribution < 1.29 is 26.7 Å². The first-order valence-corrected chi connectivity index (χ1v) is 5.48. The van der Waals surface area contributed by atoms with Crippen molar-refractivity contribution in [2.24, 2.45) is 5.92 Å². The Kier molecular flexibility index (Phi) is 4.32. The molecule has 0 radical (unpaired) electrons. The molecule has 0 aromatic carbocycles. The zero-order valence-corrected chi connectivity index (χ0v) is 9.12. The predicted octanol–water partition coefficient (Wildman–Crippen LogP) is 2.88. The Morgan fingerprint density at radius 1 is 1.12 bits per heavy atom. The maximum atomic E-state index is 12.5. The number of rotatable bonds is 4. The van der Waals surface area contributed by atoms with E-state index in [-0.39, 0.29) is 6.54 Å². The molecule has 1 fully saturated rings. The fraction of sp³-hybridized carbons (Fsp3) is 0.900. The molecule has 0 atom stereocenters. The van der Waals surface area contributed by atoms with Crippen LogP contribution >= 0.6 is 0 Å². The van der Waals surface area contributed by atoms with E-state index in [9.17, 15) is 26.7 Å². The van der Waals surface area contributed by atoms with Crippen molar-refractivity contribution in [2.75, 3.05) is 6.54 Å². The van der Waals surface area contributed by atoms with Gasteiger partial charge in [0.15, 0.2) is 0 Å². The van der Waals surface area contributed by atoms with Gasteiger partial charge in [0.2, 0.25) is 0 Å². The number of amides is 1. The summed E-state index contributed by atoms with van der Waals surface area (Å²) in [6.45, 7) is -0.130. The Hall–Kier alpha value is -0.880. The number of hydrogen-bond acceptors (Lipinski definition) is 1. The van der Waals surface area contributed by atoms with Crippen LogP contribution in [0, 0.1) is 5.92 Å². The highest BCUT2D eigenvalue weighted by molar-refractivity contribution is 5.84. The fourth-order valence-corrected chi connectivity index (χ4v) is 1.93. The van der Waals surface area contributed by atoms with Crippen LogP contribution in [0.4, 0.5) is 22.0 Å². The van der Waals surface area contributed by atoms with Crippen molar-refractivity contribution in [3.63, 3.8) is 0 Å². The van der Waals surface area contributed by atoms with Crippen molar-refractivity contribution in [3.8, 4) is 0 Å². The molecule has 1 amide bonds. The Labute approximate surface area is 95.6 Å². The van der Waals surface area contributed by atoms with E-state index in [0.717, 1.165) is 25.7 Å². The molecule has 2 nitrogen and oxygen atoms in total. The van der Waals surface area contributed by atoms with Gasteiger partial charge in [0.1, 0.15) is 0 Å². The molecule has 1 aliphatic carbocycles. The first-order valence-electron chi connectivity index (χ1n) is 5.48. The van der Waals surface area contributed by atoms with Crippen LogP contribution < -0.4 is 5.32 Å². The molecule has 1 aliphatic rings. The topological polar surface area (TPSA) is 29.1 Å². The molecule has 0 heterocycles. The molecule has 0 unspecified atom stereocenters. The highest BCUT2D eigenvalue weighted by atomic mass is 19.4. The van der Waals surface area contributed by atoms with Gasteiger partial charge in [-0.3, -0.25) is 4.79 Å². The summed E-state index contributed by atoms with van der Waals surface area (Å²) in [6, 6.07) is 0. The molecular weight excluding hydrogens is 245 g/mol. The predicted molar refractivity (Wildman–Crippen MR) is 50.6 cm³/mol. The van der Waals surface area contributed by atoms with Gasteiger partial charge in [0.05, 0.1) is 0 Å². The molecule has 0 aliphatic heterocycles. The smallest absolute Gasteiger partial charge is 0.351 e. The maximum Gasteiger partial charge on any atom is 0.463 e. The monoisotopic (exact) mass is 259 g/mol. The van der Waals surface area contributed by atoms with E-state index in [2.05, 4.69) is 0 Å². The van der Waals surface area contributed by atoms with Gasteiger partial charge in [-0.25, -0.2) is 0 Å². The van der Waals surface area contributed by atoms with Crippen LogP contribution in [0.15, 0.2) is 0 Å². The molecule has 0 spiro atoms. The normalized spacial score (nSPS) is 18.4. The zero-order valence-electron chi connectivity index (χ0n) is 9.12. The fourth-order valence-electron chi connectivity index (χ4n) is 1.93. The van der Waals surface area contributed by atoms with Crippen LogP contribution in [0.1, 0.15) is 32.1 Å². The molecular formula is C10H14F5NO. The number of carbonyl (C=O) groups excluding carboxylic acids is 1. The number of hydrogen-bond donors (Lipinski definition) is 1. The lowest BCUT2D eigenvalue weighted by atomic mass is 10.0. The van der Waals surface area contributed by atoms with Crippen molar-refractivity contribution in [1.82, 2.24) is 5.32 Å². The van der Waals surface area contributed by atoms with Gasteiger partial charge in [-0.05, 0) is 12.3 Å². The third kappa shape index (κ3) is 3.54. The highest BCUT2D eigenvalue weighted by Gasteiger charge is 2.63. The average molecular weight is 259 g/mol. The van der Waals surface area contributed by atoms with Gasteiger partial charge >= 0.3 is 12.1 Å². The zero-order chi connectivity index (χ0) is 13.1. The molecule has 0 saturated heterocycles. The van der Waals surface area contributed by atoms with Crippen LogP contribution in [0.3, 0.4) is 0 Å². The largest absolute Gasteiger partial charge is 0.463 e. The second-order valence-electron chi connectivity index (χ2n) is 4.27. The summed E-state index contributed by atoms with van der Waals surface area (Å²) >= 11 is 0. The number of halogens is 5. The summed E-state index contributed by atoms with van der Waals surface area (Å²) in [4.78, 5) is 10.7. The molecule has 1 saturated carbocycles. The number of carbonyl (C=O) groups is 1.